The third-order valence-corrected chi connectivity index (χ3v) is 2.98. The van der Waals surface area contributed by atoms with E-state index in [4.69, 9.17) is 16.3 Å². The Bertz CT molecular complexity index is 381. The van der Waals surface area contributed by atoms with Gasteiger partial charge in [0.25, 0.3) is 0 Å². The molecular formula is C11H16ClN3O2. The van der Waals surface area contributed by atoms with Gasteiger partial charge in [-0.3, -0.25) is 0 Å². The molecule has 2 rings (SSSR count). The number of anilines is 1. The van der Waals surface area contributed by atoms with Crippen LogP contribution in [0, 0.1) is 0 Å². The Kier molecular flexibility index (Phi) is 4.15. The molecule has 0 unspecified atom stereocenters. The minimum Gasteiger partial charge on any atom is -0.393 e. The molecule has 0 radical (unpaired) electrons. The van der Waals surface area contributed by atoms with Crippen molar-refractivity contribution in [2.24, 2.45) is 0 Å². The number of methoxy groups -OCH3 is 1. The standard InChI is InChI=1S/C11H16ClN3O2/c1-17-7-10-13-9(12)6-11(14-10)15-4-2-8(16)3-5-15/h6,8,16H,2-5,7H2,1H3. The van der Waals surface area contributed by atoms with Crippen LogP contribution < -0.4 is 4.90 Å². The van der Waals surface area contributed by atoms with E-state index in [1.165, 1.54) is 0 Å². The fourth-order valence-corrected chi connectivity index (χ4v) is 2.10. The first-order valence-electron chi connectivity index (χ1n) is 5.64. The van der Waals surface area contributed by atoms with Gasteiger partial charge in [0.05, 0.1) is 6.10 Å². The smallest absolute Gasteiger partial charge is 0.158 e. The molecule has 1 aliphatic heterocycles. The van der Waals surface area contributed by atoms with E-state index < -0.39 is 0 Å². The van der Waals surface area contributed by atoms with Gasteiger partial charge >= 0.3 is 0 Å². The molecule has 94 valence electrons. The quantitative estimate of drug-likeness (QED) is 0.826. The van der Waals surface area contributed by atoms with Crippen molar-refractivity contribution in [1.82, 2.24) is 9.97 Å². The maximum absolute atomic E-state index is 9.46. The molecule has 1 N–H and O–H groups in total. The third-order valence-electron chi connectivity index (χ3n) is 2.79. The maximum atomic E-state index is 9.46. The van der Waals surface area contributed by atoms with E-state index in [2.05, 4.69) is 14.9 Å². The van der Waals surface area contributed by atoms with Crippen LogP contribution in [0.2, 0.25) is 5.15 Å². The zero-order chi connectivity index (χ0) is 12.3. The lowest BCUT2D eigenvalue weighted by atomic mass is 10.1. The summed E-state index contributed by atoms with van der Waals surface area (Å²) in [7, 11) is 1.60. The van der Waals surface area contributed by atoms with Crippen LogP contribution in [0.25, 0.3) is 0 Å². The van der Waals surface area contributed by atoms with E-state index in [9.17, 15) is 5.11 Å². The summed E-state index contributed by atoms with van der Waals surface area (Å²) in [5.41, 5.74) is 0. The summed E-state index contributed by atoms with van der Waals surface area (Å²) in [4.78, 5) is 10.6. The van der Waals surface area contributed by atoms with Crippen molar-refractivity contribution in [1.29, 1.82) is 0 Å². The second-order valence-corrected chi connectivity index (χ2v) is 4.50. The Hall–Kier alpha value is -0.910. The second kappa shape index (κ2) is 5.62. The zero-order valence-electron chi connectivity index (χ0n) is 9.77. The Morgan fingerprint density at radius 3 is 2.82 bits per heavy atom. The van der Waals surface area contributed by atoms with Gasteiger partial charge in [0.15, 0.2) is 5.82 Å². The van der Waals surface area contributed by atoms with Crippen LogP contribution in [-0.2, 0) is 11.3 Å². The summed E-state index contributed by atoms with van der Waals surface area (Å²) in [6.45, 7) is 1.94. The molecule has 1 saturated heterocycles. The molecule has 0 spiro atoms. The van der Waals surface area contributed by atoms with Gasteiger partial charge in [0.2, 0.25) is 0 Å². The number of nitrogens with zero attached hydrogens (tertiary/aromatic N) is 3. The molecule has 0 amide bonds. The highest BCUT2D eigenvalue weighted by atomic mass is 35.5. The summed E-state index contributed by atoms with van der Waals surface area (Å²) in [5.74, 6) is 1.39. The minimum atomic E-state index is -0.193. The molecule has 0 saturated carbocycles. The van der Waals surface area contributed by atoms with Gasteiger partial charge in [0.1, 0.15) is 17.6 Å². The van der Waals surface area contributed by atoms with E-state index in [0.29, 0.717) is 17.6 Å². The van der Waals surface area contributed by atoms with Gasteiger partial charge < -0.3 is 14.7 Å². The van der Waals surface area contributed by atoms with Crippen molar-refractivity contribution in [3.63, 3.8) is 0 Å². The van der Waals surface area contributed by atoms with Gasteiger partial charge in [-0.2, -0.15) is 0 Å². The summed E-state index contributed by atoms with van der Waals surface area (Å²) in [6, 6.07) is 1.75. The number of rotatable bonds is 3. The van der Waals surface area contributed by atoms with Gasteiger partial charge in [-0.1, -0.05) is 11.6 Å². The summed E-state index contributed by atoms with van der Waals surface area (Å²) < 4.78 is 5.00. The van der Waals surface area contributed by atoms with Crippen molar-refractivity contribution in [3.05, 3.63) is 17.0 Å². The van der Waals surface area contributed by atoms with Gasteiger partial charge in [-0.05, 0) is 12.8 Å². The van der Waals surface area contributed by atoms with Crippen molar-refractivity contribution in [2.75, 3.05) is 25.1 Å². The molecule has 5 nitrogen and oxygen atoms in total. The number of hydrogen-bond acceptors (Lipinski definition) is 5. The molecule has 6 heteroatoms. The zero-order valence-corrected chi connectivity index (χ0v) is 10.5. The monoisotopic (exact) mass is 257 g/mol. The molecule has 17 heavy (non-hydrogen) atoms. The number of aliphatic hydroxyl groups excluding tert-OH is 1. The first-order valence-corrected chi connectivity index (χ1v) is 6.02. The SMILES string of the molecule is COCc1nc(Cl)cc(N2CCC(O)CC2)n1. The molecular weight excluding hydrogens is 242 g/mol. The highest BCUT2D eigenvalue weighted by molar-refractivity contribution is 6.29. The van der Waals surface area contributed by atoms with E-state index in [1.54, 1.807) is 13.2 Å². The molecule has 0 aromatic carbocycles. The fraction of sp³-hybridized carbons (Fsp3) is 0.636. The Morgan fingerprint density at radius 2 is 2.18 bits per heavy atom. The Morgan fingerprint density at radius 1 is 1.47 bits per heavy atom. The molecule has 0 bridgehead atoms. The van der Waals surface area contributed by atoms with Crippen LogP contribution in [0.4, 0.5) is 5.82 Å². The lowest BCUT2D eigenvalue weighted by molar-refractivity contribution is 0.145. The van der Waals surface area contributed by atoms with Crippen LogP contribution in [-0.4, -0.2) is 41.4 Å². The highest BCUT2D eigenvalue weighted by Crippen LogP contribution is 2.20. The van der Waals surface area contributed by atoms with Gasteiger partial charge in [0, 0.05) is 26.3 Å². The molecule has 1 aliphatic rings. The molecule has 0 atom stereocenters. The predicted molar refractivity (Wildman–Crippen MR) is 65.2 cm³/mol. The van der Waals surface area contributed by atoms with Crippen LogP contribution in [0.5, 0.6) is 0 Å². The topological polar surface area (TPSA) is 58.5 Å². The van der Waals surface area contributed by atoms with Gasteiger partial charge in [-0.15, -0.1) is 0 Å². The predicted octanol–water partition coefficient (Wildman–Crippen LogP) is 1.24. The molecule has 1 fully saturated rings. The highest BCUT2D eigenvalue weighted by Gasteiger charge is 2.19. The van der Waals surface area contributed by atoms with E-state index >= 15 is 0 Å². The number of aliphatic hydroxyl groups is 1. The summed E-state index contributed by atoms with van der Waals surface area (Å²) in [6.07, 6.45) is 1.34. The fourth-order valence-electron chi connectivity index (χ4n) is 1.90. The van der Waals surface area contributed by atoms with Crippen LogP contribution >= 0.6 is 11.6 Å². The van der Waals surface area contributed by atoms with E-state index in [1.807, 2.05) is 0 Å². The maximum Gasteiger partial charge on any atom is 0.158 e. The normalized spacial score (nSPS) is 17.5. The average Bonchev–Trinajstić information content (AvgIpc) is 2.29. The number of ether oxygens (including phenoxy) is 1. The molecule has 2 heterocycles. The van der Waals surface area contributed by atoms with Crippen molar-refractivity contribution < 1.29 is 9.84 Å². The van der Waals surface area contributed by atoms with E-state index in [0.717, 1.165) is 31.7 Å². The Balaban J connectivity index is 2.14. The minimum absolute atomic E-state index is 0.193. The van der Waals surface area contributed by atoms with E-state index in [-0.39, 0.29) is 6.10 Å². The summed E-state index contributed by atoms with van der Waals surface area (Å²) in [5, 5.41) is 9.89. The average molecular weight is 258 g/mol. The second-order valence-electron chi connectivity index (χ2n) is 4.12. The van der Waals surface area contributed by atoms with Crippen molar-refractivity contribution in [3.8, 4) is 0 Å². The van der Waals surface area contributed by atoms with Crippen LogP contribution in [0.15, 0.2) is 6.07 Å². The largest absolute Gasteiger partial charge is 0.393 e. The number of aromatic nitrogens is 2. The lowest BCUT2D eigenvalue weighted by Crippen LogP contribution is -2.36. The number of piperidine rings is 1. The number of hydrogen-bond donors (Lipinski definition) is 1. The first kappa shape index (κ1) is 12.5. The lowest BCUT2D eigenvalue weighted by Gasteiger charge is -2.30. The van der Waals surface area contributed by atoms with Crippen LogP contribution in [0.3, 0.4) is 0 Å². The summed E-state index contributed by atoms with van der Waals surface area (Å²) >= 11 is 5.95. The molecule has 0 aliphatic carbocycles. The third kappa shape index (κ3) is 3.28. The van der Waals surface area contributed by atoms with Crippen molar-refractivity contribution >= 4 is 17.4 Å². The molecule has 1 aromatic rings. The van der Waals surface area contributed by atoms with Crippen LogP contribution in [0.1, 0.15) is 18.7 Å². The first-order chi connectivity index (χ1) is 8.19. The van der Waals surface area contributed by atoms with Gasteiger partial charge in [-0.25, -0.2) is 9.97 Å². The molecule has 1 aromatic heterocycles. The Labute approximate surface area is 105 Å². The number of halogens is 1. The van der Waals surface area contributed by atoms with Crippen molar-refractivity contribution in [2.45, 2.75) is 25.6 Å².